The van der Waals surface area contributed by atoms with Gasteiger partial charge in [-0.25, -0.2) is 13.8 Å². The van der Waals surface area contributed by atoms with Crippen molar-refractivity contribution >= 4 is 16.1 Å². The molecule has 1 amide bonds. The largest absolute Gasteiger partial charge is 0.491 e. The SMILES string of the molecule is CNS(=O)(=O)NC(=O)c1cc(C2CC2)c(OCC2(C#N)C3CC4CC(C3)CC2C4)cc1F. The molecule has 0 atom stereocenters. The quantitative estimate of drug-likeness (QED) is 0.648. The molecule has 32 heavy (non-hydrogen) atoms. The number of rotatable bonds is 7. The molecule has 5 aliphatic carbocycles. The van der Waals surface area contributed by atoms with Gasteiger partial charge in [0, 0.05) is 13.1 Å². The normalized spacial score (nSPS) is 33.0. The summed E-state index contributed by atoms with van der Waals surface area (Å²) in [6.07, 6.45) is 7.39. The number of halogens is 1. The number of nitriles is 1. The van der Waals surface area contributed by atoms with Crippen LogP contribution in [0.5, 0.6) is 5.75 Å². The van der Waals surface area contributed by atoms with Crippen molar-refractivity contribution in [2.75, 3.05) is 13.7 Å². The Bertz CT molecular complexity index is 1070. The zero-order valence-corrected chi connectivity index (χ0v) is 18.9. The summed E-state index contributed by atoms with van der Waals surface area (Å²) in [4.78, 5) is 12.4. The molecule has 4 bridgehead atoms. The molecule has 0 spiro atoms. The maximum Gasteiger partial charge on any atom is 0.301 e. The van der Waals surface area contributed by atoms with Gasteiger partial charge in [-0.05, 0) is 86.2 Å². The molecular formula is C23H28FN3O4S. The van der Waals surface area contributed by atoms with Gasteiger partial charge in [0.1, 0.15) is 18.2 Å². The van der Waals surface area contributed by atoms with Crippen LogP contribution in [0.15, 0.2) is 12.1 Å². The fourth-order valence-corrected chi connectivity index (χ4v) is 6.94. The minimum atomic E-state index is -4.04. The van der Waals surface area contributed by atoms with Crippen molar-refractivity contribution in [3.05, 3.63) is 29.1 Å². The fraction of sp³-hybridized carbons (Fsp3) is 0.652. The molecule has 5 aliphatic rings. The summed E-state index contributed by atoms with van der Waals surface area (Å²) in [5, 5.41) is 10.2. The lowest BCUT2D eigenvalue weighted by atomic mass is 9.46. The van der Waals surface area contributed by atoms with E-state index in [1.165, 1.54) is 18.6 Å². The molecule has 7 nitrogen and oxygen atoms in total. The zero-order chi connectivity index (χ0) is 22.7. The predicted molar refractivity (Wildman–Crippen MR) is 114 cm³/mol. The van der Waals surface area contributed by atoms with Gasteiger partial charge >= 0.3 is 10.2 Å². The first-order valence-corrected chi connectivity index (χ1v) is 12.9. The van der Waals surface area contributed by atoms with E-state index < -0.39 is 27.3 Å². The van der Waals surface area contributed by atoms with Crippen LogP contribution < -0.4 is 14.2 Å². The molecule has 2 N–H and O–H groups in total. The van der Waals surface area contributed by atoms with Crippen LogP contribution in [0.2, 0.25) is 0 Å². The number of benzene rings is 1. The van der Waals surface area contributed by atoms with E-state index in [1.807, 2.05) is 4.72 Å². The van der Waals surface area contributed by atoms with Crippen molar-refractivity contribution in [2.45, 2.75) is 50.9 Å². The lowest BCUT2D eigenvalue weighted by molar-refractivity contribution is -0.0943. The second-order valence-corrected chi connectivity index (χ2v) is 11.6. The summed E-state index contributed by atoms with van der Waals surface area (Å²) in [5.74, 6) is 0.750. The molecule has 0 aliphatic heterocycles. The first kappa shape index (κ1) is 21.7. The third kappa shape index (κ3) is 3.67. The maximum absolute atomic E-state index is 14.9. The van der Waals surface area contributed by atoms with E-state index in [9.17, 15) is 22.9 Å². The van der Waals surface area contributed by atoms with E-state index in [-0.39, 0.29) is 18.1 Å². The van der Waals surface area contributed by atoms with Gasteiger partial charge in [-0.3, -0.25) is 4.79 Å². The van der Waals surface area contributed by atoms with Gasteiger partial charge in [-0.2, -0.15) is 13.7 Å². The first-order chi connectivity index (χ1) is 15.2. The van der Waals surface area contributed by atoms with E-state index in [4.69, 9.17) is 4.74 Å². The van der Waals surface area contributed by atoms with Crippen LogP contribution in [0.3, 0.4) is 0 Å². The molecule has 1 aromatic carbocycles. The van der Waals surface area contributed by atoms with E-state index >= 15 is 0 Å². The molecule has 0 unspecified atom stereocenters. The highest BCUT2D eigenvalue weighted by Gasteiger charge is 2.58. The zero-order valence-electron chi connectivity index (χ0n) is 18.1. The standard InChI is InChI=1S/C23H28FN3O4S/c1-26-32(29,30)27-22(28)19-9-18(15-2-3-15)21(10-20(19)24)31-12-23(11-25)16-5-13-4-14(7-16)8-17(23)6-13/h9-10,13-17,26H,2-8,12H2,1H3,(H,27,28). The molecule has 9 heteroatoms. The number of carbonyl (C=O) groups excluding carboxylic acids is 1. The molecule has 5 fully saturated rings. The average Bonchev–Trinajstić information content (AvgIpc) is 3.58. The Balaban J connectivity index is 1.40. The highest BCUT2D eigenvalue weighted by atomic mass is 32.2. The van der Waals surface area contributed by atoms with Crippen LogP contribution >= 0.6 is 0 Å². The molecule has 5 saturated carbocycles. The highest BCUT2D eigenvalue weighted by Crippen LogP contribution is 2.62. The summed E-state index contributed by atoms with van der Waals surface area (Å²) < 4.78 is 48.1. The smallest absolute Gasteiger partial charge is 0.301 e. The van der Waals surface area contributed by atoms with E-state index in [2.05, 4.69) is 6.07 Å². The monoisotopic (exact) mass is 461 g/mol. The summed E-state index contributed by atoms with van der Waals surface area (Å²) >= 11 is 0. The van der Waals surface area contributed by atoms with E-state index in [0.29, 0.717) is 23.1 Å². The molecule has 0 aromatic heterocycles. The molecule has 0 radical (unpaired) electrons. The number of carbonyl (C=O) groups is 1. The third-order valence-corrected chi connectivity index (χ3v) is 9.12. The van der Waals surface area contributed by atoms with Crippen LogP contribution in [0.4, 0.5) is 4.39 Å². The predicted octanol–water partition coefficient (Wildman–Crippen LogP) is 3.24. The Morgan fingerprint density at radius 3 is 2.34 bits per heavy atom. The fourth-order valence-electron chi connectivity index (χ4n) is 6.49. The molecule has 0 saturated heterocycles. The van der Waals surface area contributed by atoms with Crippen LogP contribution in [0.1, 0.15) is 66.8 Å². The maximum atomic E-state index is 14.9. The minimum absolute atomic E-state index is 0.148. The van der Waals surface area contributed by atoms with Gasteiger partial charge in [-0.1, -0.05) is 0 Å². The van der Waals surface area contributed by atoms with Gasteiger partial charge < -0.3 is 4.74 Å². The van der Waals surface area contributed by atoms with Gasteiger partial charge in [0.2, 0.25) is 0 Å². The Kier molecular flexibility index (Phi) is 5.21. The van der Waals surface area contributed by atoms with Gasteiger partial charge in [0.15, 0.2) is 0 Å². The second kappa shape index (κ2) is 7.70. The number of nitrogens with one attached hydrogen (secondary N) is 2. The van der Waals surface area contributed by atoms with E-state index in [1.54, 1.807) is 4.72 Å². The summed E-state index contributed by atoms with van der Waals surface area (Å²) in [6, 6.07) is 5.19. The van der Waals surface area contributed by atoms with Crippen molar-refractivity contribution in [1.29, 1.82) is 5.26 Å². The third-order valence-electron chi connectivity index (χ3n) is 8.13. The summed E-state index contributed by atoms with van der Waals surface area (Å²) in [7, 11) is -2.88. The van der Waals surface area contributed by atoms with Crippen molar-refractivity contribution in [3.8, 4) is 11.8 Å². The minimum Gasteiger partial charge on any atom is -0.491 e. The highest BCUT2D eigenvalue weighted by molar-refractivity contribution is 7.88. The van der Waals surface area contributed by atoms with Crippen molar-refractivity contribution in [1.82, 2.24) is 9.44 Å². The van der Waals surface area contributed by atoms with Crippen LogP contribution in [-0.4, -0.2) is 28.0 Å². The van der Waals surface area contributed by atoms with Crippen LogP contribution in [0, 0.1) is 46.2 Å². The van der Waals surface area contributed by atoms with Crippen LogP contribution in [-0.2, 0) is 10.2 Å². The van der Waals surface area contributed by atoms with Gasteiger partial charge in [-0.15, -0.1) is 0 Å². The van der Waals surface area contributed by atoms with Crippen molar-refractivity contribution in [2.24, 2.45) is 29.1 Å². The summed E-state index contributed by atoms with van der Waals surface area (Å²) in [5.41, 5.74) is -0.167. The first-order valence-electron chi connectivity index (χ1n) is 11.4. The Hall–Kier alpha value is -2.18. The van der Waals surface area contributed by atoms with Crippen molar-refractivity contribution in [3.63, 3.8) is 0 Å². The lowest BCUT2D eigenvalue weighted by Gasteiger charge is -2.58. The van der Waals surface area contributed by atoms with Gasteiger partial charge in [0.05, 0.1) is 17.0 Å². The molecule has 0 heterocycles. The second-order valence-electron chi connectivity index (χ2n) is 10.0. The average molecular weight is 462 g/mol. The molecule has 6 rings (SSSR count). The van der Waals surface area contributed by atoms with E-state index in [0.717, 1.165) is 57.4 Å². The van der Waals surface area contributed by atoms with Gasteiger partial charge in [0.25, 0.3) is 5.91 Å². The number of nitrogens with zero attached hydrogens (tertiary/aromatic N) is 1. The van der Waals surface area contributed by atoms with Crippen LogP contribution in [0.25, 0.3) is 0 Å². The molecule has 1 aromatic rings. The Morgan fingerprint density at radius 2 is 1.81 bits per heavy atom. The number of hydrogen-bond acceptors (Lipinski definition) is 5. The lowest BCUT2D eigenvalue weighted by Crippen LogP contribution is -2.54. The topological polar surface area (TPSA) is 108 Å². The Labute approximate surface area is 187 Å². The molecular weight excluding hydrogens is 433 g/mol. The molecule has 172 valence electrons. The number of hydrogen-bond donors (Lipinski definition) is 2. The summed E-state index contributed by atoms with van der Waals surface area (Å²) in [6.45, 7) is 0.233. The Morgan fingerprint density at radius 1 is 1.19 bits per heavy atom. The number of ether oxygens (including phenoxy) is 1. The number of amides is 1. The van der Waals surface area contributed by atoms with Crippen molar-refractivity contribution < 1.29 is 22.3 Å².